The highest BCUT2D eigenvalue weighted by atomic mass is 127. The molecule has 146 valence electrons. The maximum absolute atomic E-state index is 12.1. The summed E-state index contributed by atoms with van der Waals surface area (Å²) in [6.07, 6.45) is 4.81. The lowest BCUT2D eigenvalue weighted by molar-refractivity contribution is 0.0352. The minimum Gasteiger partial charge on any atom is -0.447 e. The van der Waals surface area contributed by atoms with Gasteiger partial charge in [0.2, 0.25) is 5.28 Å². The molecule has 1 aliphatic carbocycles. The number of hydrogen-bond acceptors (Lipinski definition) is 6. The van der Waals surface area contributed by atoms with Gasteiger partial charge in [-0.2, -0.15) is 4.98 Å². The number of hydrogen-bond donors (Lipinski definition) is 2. The van der Waals surface area contributed by atoms with Gasteiger partial charge in [0.25, 0.3) is 0 Å². The number of nitrogens with one attached hydrogen (secondary N) is 2. The number of amides is 1. The fourth-order valence-corrected chi connectivity index (χ4v) is 3.44. The van der Waals surface area contributed by atoms with Crippen molar-refractivity contribution in [2.45, 2.75) is 63.6 Å². The van der Waals surface area contributed by atoms with Gasteiger partial charge in [-0.25, -0.2) is 9.78 Å². The predicted octanol–water partition coefficient (Wildman–Crippen LogP) is 4.00. The van der Waals surface area contributed by atoms with Crippen molar-refractivity contribution in [1.29, 1.82) is 0 Å². The molecule has 1 aliphatic rings. The molecule has 0 aromatic carbocycles. The van der Waals surface area contributed by atoms with Gasteiger partial charge in [-0.05, 0) is 80.6 Å². The van der Waals surface area contributed by atoms with Gasteiger partial charge in [0, 0.05) is 18.8 Å². The van der Waals surface area contributed by atoms with E-state index in [1.54, 1.807) is 13.3 Å². The van der Waals surface area contributed by atoms with E-state index in [0.717, 1.165) is 29.3 Å². The number of ether oxygens (including phenoxy) is 2. The van der Waals surface area contributed by atoms with Crippen LogP contribution < -0.4 is 10.6 Å². The van der Waals surface area contributed by atoms with Crippen molar-refractivity contribution in [2.75, 3.05) is 19.0 Å². The summed E-state index contributed by atoms with van der Waals surface area (Å²) < 4.78 is 11.9. The van der Waals surface area contributed by atoms with Crippen LogP contribution in [0.5, 0.6) is 0 Å². The van der Waals surface area contributed by atoms with Crippen LogP contribution in [0.1, 0.15) is 46.5 Å². The molecule has 1 fully saturated rings. The van der Waals surface area contributed by atoms with E-state index in [4.69, 9.17) is 21.1 Å². The summed E-state index contributed by atoms with van der Waals surface area (Å²) in [6.45, 7) is 5.98. The third-order valence-electron chi connectivity index (χ3n) is 4.28. The Morgan fingerprint density at radius 1 is 1.42 bits per heavy atom. The summed E-state index contributed by atoms with van der Waals surface area (Å²) in [4.78, 5) is 20.4. The van der Waals surface area contributed by atoms with Crippen LogP contribution in [0.4, 0.5) is 10.6 Å². The summed E-state index contributed by atoms with van der Waals surface area (Å²) >= 11 is 8.10. The van der Waals surface area contributed by atoms with Crippen LogP contribution in [-0.4, -0.2) is 47.0 Å². The van der Waals surface area contributed by atoms with E-state index in [-0.39, 0.29) is 23.5 Å². The molecule has 0 radical (unpaired) electrons. The molecule has 1 saturated carbocycles. The van der Waals surface area contributed by atoms with E-state index in [1.807, 2.05) is 20.8 Å². The molecule has 2 N–H and O–H groups in total. The topological polar surface area (TPSA) is 85.4 Å². The van der Waals surface area contributed by atoms with Gasteiger partial charge >= 0.3 is 6.09 Å². The number of rotatable bonds is 5. The SMILES string of the molecule is COC1CCC(COC(=O)NC(C)(C)C)(Nc2nc(Cl)ncc2I)CC1. The Morgan fingerprint density at radius 3 is 2.65 bits per heavy atom. The molecule has 1 aromatic heterocycles. The molecule has 1 amide bonds. The lowest BCUT2D eigenvalue weighted by Crippen LogP contribution is -2.50. The van der Waals surface area contributed by atoms with Gasteiger partial charge in [-0.15, -0.1) is 0 Å². The predicted molar refractivity (Wildman–Crippen MR) is 110 cm³/mol. The van der Waals surface area contributed by atoms with Crippen molar-refractivity contribution in [3.63, 3.8) is 0 Å². The largest absolute Gasteiger partial charge is 0.447 e. The number of aromatic nitrogens is 2. The van der Waals surface area contributed by atoms with Crippen molar-refractivity contribution >= 4 is 46.1 Å². The summed E-state index contributed by atoms with van der Waals surface area (Å²) in [6, 6.07) is 0. The number of anilines is 1. The number of halogens is 2. The first kappa shape index (κ1) is 21.4. The van der Waals surface area contributed by atoms with Crippen LogP contribution in [-0.2, 0) is 9.47 Å². The normalized spacial score (nSPS) is 23.4. The van der Waals surface area contributed by atoms with Crippen LogP contribution >= 0.6 is 34.2 Å². The highest BCUT2D eigenvalue weighted by Crippen LogP contribution is 2.34. The van der Waals surface area contributed by atoms with Gasteiger partial charge in [-0.1, -0.05) is 0 Å². The molecule has 1 heterocycles. The average molecular weight is 497 g/mol. The summed E-state index contributed by atoms with van der Waals surface area (Å²) in [5, 5.41) is 6.46. The zero-order valence-corrected chi connectivity index (χ0v) is 18.5. The molecule has 0 spiro atoms. The Labute approximate surface area is 173 Å². The Balaban J connectivity index is 2.12. The minimum absolute atomic E-state index is 0.181. The maximum Gasteiger partial charge on any atom is 0.407 e. The molecule has 2 rings (SSSR count). The summed E-state index contributed by atoms with van der Waals surface area (Å²) in [5.41, 5.74) is -0.761. The number of carbonyl (C=O) groups is 1. The Kier molecular flexibility index (Phi) is 7.32. The molecular weight excluding hydrogens is 471 g/mol. The van der Waals surface area contributed by atoms with Crippen LogP contribution in [0.2, 0.25) is 5.28 Å². The fraction of sp³-hybridized carbons (Fsp3) is 0.706. The average Bonchev–Trinajstić information content (AvgIpc) is 2.56. The molecule has 26 heavy (non-hydrogen) atoms. The van der Waals surface area contributed by atoms with Crippen LogP contribution in [0.15, 0.2) is 6.20 Å². The molecule has 7 nitrogen and oxygen atoms in total. The number of nitrogens with zero attached hydrogens (tertiary/aromatic N) is 2. The number of methoxy groups -OCH3 is 1. The highest BCUT2D eigenvalue weighted by molar-refractivity contribution is 14.1. The molecule has 0 bridgehead atoms. The lowest BCUT2D eigenvalue weighted by atomic mass is 9.80. The minimum atomic E-state index is -0.428. The second kappa shape index (κ2) is 8.88. The first-order valence-corrected chi connectivity index (χ1v) is 10.0. The van der Waals surface area contributed by atoms with E-state index < -0.39 is 11.6 Å². The molecule has 0 unspecified atom stereocenters. The first-order valence-electron chi connectivity index (χ1n) is 8.56. The third kappa shape index (κ3) is 6.38. The van der Waals surface area contributed by atoms with Crippen LogP contribution in [0.25, 0.3) is 0 Å². The zero-order valence-electron chi connectivity index (χ0n) is 15.6. The summed E-state index contributed by atoms with van der Waals surface area (Å²) in [5.74, 6) is 0.654. The van der Waals surface area contributed by atoms with E-state index in [0.29, 0.717) is 5.82 Å². The van der Waals surface area contributed by atoms with Gasteiger partial charge in [0.15, 0.2) is 0 Å². The van der Waals surface area contributed by atoms with Gasteiger partial charge in [0.1, 0.15) is 12.4 Å². The summed E-state index contributed by atoms with van der Waals surface area (Å²) in [7, 11) is 1.73. The van der Waals surface area contributed by atoms with Crippen molar-refractivity contribution in [2.24, 2.45) is 0 Å². The second-order valence-electron chi connectivity index (χ2n) is 7.63. The standard InChI is InChI=1S/C17H26ClIN4O3/c1-16(2,3)23-15(24)26-10-17(7-5-11(25-4)6-8-17)22-13-12(19)9-20-14(18)21-13/h9,11H,5-8,10H2,1-4H3,(H,23,24)(H,20,21,22). The molecule has 9 heteroatoms. The Hall–Kier alpha value is -0.870. The molecule has 1 aromatic rings. The van der Waals surface area contributed by atoms with Gasteiger partial charge < -0.3 is 20.1 Å². The third-order valence-corrected chi connectivity index (χ3v) is 5.25. The van der Waals surface area contributed by atoms with Crippen molar-refractivity contribution in [3.05, 3.63) is 15.1 Å². The fourth-order valence-electron chi connectivity index (χ4n) is 2.92. The zero-order chi connectivity index (χ0) is 19.4. The maximum atomic E-state index is 12.1. The Morgan fingerprint density at radius 2 is 2.08 bits per heavy atom. The van der Waals surface area contributed by atoms with E-state index >= 15 is 0 Å². The number of alkyl carbamates (subject to hydrolysis) is 1. The van der Waals surface area contributed by atoms with Crippen molar-refractivity contribution in [1.82, 2.24) is 15.3 Å². The van der Waals surface area contributed by atoms with Gasteiger partial charge in [-0.3, -0.25) is 0 Å². The number of carbonyl (C=O) groups excluding carboxylic acids is 1. The molecule has 0 saturated heterocycles. The second-order valence-corrected chi connectivity index (χ2v) is 9.13. The van der Waals surface area contributed by atoms with E-state index in [9.17, 15) is 4.79 Å². The molecule has 0 atom stereocenters. The van der Waals surface area contributed by atoms with E-state index in [2.05, 4.69) is 43.2 Å². The van der Waals surface area contributed by atoms with Gasteiger partial charge in [0.05, 0.1) is 15.2 Å². The highest BCUT2D eigenvalue weighted by Gasteiger charge is 2.38. The first-order chi connectivity index (χ1) is 12.1. The van der Waals surface area contributed by atoms with Crippen molar-refractivity contribution < 1.29 is 14.3 Å². The molecular formula is C17H26ClIN4O3. The van der Waals surface area contributed by atoms with Crippen molar-refractivity contribution in [3.8, 4) is 0 Å². The lowest BCUT2D eigenvalue weighted by Gasteiger charge is -2.40. The quantitative estimate of drug-likeness (QED) is 0.473. The monoisotopic (exact) mass is 496 g/mol. The Bertz CT molecular complexity index is 631. The van der Waals surface area contributed by atoms with Crippen LogP contribution in [0.3, 0.4) is 0 Å². The van der Waals surface area contributed by atoms with E-state index in [1.165, 1.54) is 0 Å². The molecule has 0 aliphatic heterocycles. The smallest absolute Gasteiger partial charge is 0.407 e. The van der Waals surface area contributed by atoms with Crippen LogP contribution in [0, 0.1) is 3.57 Å².